The van der Waals surface area contributed by atoms with Gasteiger partial charge in [-0.3, -0.25) is 4.40 Å². The van der Waals surface area contributed by atoms with Gasteiger partial charge in [-0.2, -0.15) is 0 Å². The summed E-state index contributed by atoms with van der Waals surface area (Å²) in [5.41, 5.74) is 7.17. The summed E-state index contributed by atoms with van der Waals surface area (Å²) in [6, 6.07) is 8.62. The first-order chi connectivity index (χ1) is 8.66. The summed E-state index contributed by atoms with van der Waals surface area (Å²) in [4.78, 5) is 4.15. The third-order valence-corrected chi connectivity index (χ3v) is 2.76. The molecule has 5 heteroatoms. The zero-order chi connectivity index (χ0) is 12.7. The minimum Gasteiger partial charge on any atom is -0.383 e. The van der Waals surface area contributed by atoms with Crippen molar-refractivity contribution in [2.24, 2.45) is 0 Å². The number of nitrogens with two attached hydrogens (primary N) is 1. The summed E-state index contributed by atoms with van der Waals surface area (Å²) >= 11 is 0. The van der Waals surface area contributed by atoms with E-state index in [1.165, 1.54) is 22.6 Å². The molecule has 0 unspecified atom stereocenters. The number of rotatable bonds is 1. The van der Waals surface area contributed by atoms with Gasteiger partial charge in [-0.1, -0.05) is 0 Å². The van der Waals surface area contributed by atoms with Crippen molar-refractivity contribution < 1.29 is 8.78 Å². The smallest absolute Gasteiger partial charge is 0.175 e. The van der Waals surface area contributed by atoms with E-state index in [-0.39, 0.29) is 11.5 Å². The normalized spacial score (nSPS) is 11.0. The first kappa shape index (κ1) is 10.7. The lowest BCUT2D eigenvalue weighted by Gasteiger charge is -1.99. The lowest BCUT2D eigenvalue weighted by molar-refractivity contribution is 0.628. The molecule has 18 heavy (non-hydrogen) atoms. The molecule has 3 rings (SSSR count). The highest BCUT2D eigenvalue weighted by atomic mass is 19.1. The molecule has 0 atom stereocenters. The van der Waals surface area contributed by atoms with E-state index in [4.69, 9.17) is 5.73 Å². The molecule has 0 amide bonds. The van der Waals surface area contributed by atoms with E-state index in [2.05, 4.69) is 4.98 Å². The van der Waals surface area contributed by atoms with Crippen LogP contribution in [0.2, 0.25) is 0 Å². The third kappa shape index (κ3) is 1.52. The topological polar surface area (TPSA) is 43.3 Å². The molecule has 2 N–H and O–H groups in total. The third-order valence-electron chi connectivity index (χ3n) is 2.76. The van der Waals surface area contributed by atoms with Crippen molar-refractivity contribution >= 4 is 11.5 Å². The number of hydrogen-bond acceptors (Lipinski definition) is 2. The van der Waals surface area contributed by atoms with Crippen molar-refractivity contribution in [3.63, 3.8) is 0 Å². The molecule has 0 spiro atoms. The average molecular weight is 245 g/mol. The maximum atomic E-state index is 13.6. The number of hydrogen-bond donors (Lipinski definition) is 1. The van der Waals surface area contributed by atoms with Crippen LogP contribution in [0, 0.1) is 11.6 Å². The molecule has 2 aromatic heterocycles. The fraction of sp³-hybridized carbons (Fsp3) is 0. The zero-order valence-corrected chi connectivity index (χ0v) is 9.27. The first-order valence-corrected chi connectivity index (χ1v) is 5.35. The Morgan fingerprint density at radius 3 is 2.44 bits per heavy atom. The Balaban J connectivity index is 2.27. The molecular formula is C13H9F2N3. The first-order valence-electron chi connectivity index (χ1n) is 5.35. The van der Waals surface area contributed by atoms with Gasteiger partial charge in [-0.05, 0) is 36.4 Å². The van der Waals surface area contributed by atoms with Gasteiger partial charge in [0.25, 0.3) is 0 Å². The Labute approximate surface area is 101 Å². The molecule has 1 aromatic carbocycles. The number of aromatic nitrogens is 2. The van der Waals surface area contributed by atoms with E-state index in [1.54, 1.807) is 24.4 Å². The van der Waals surface area contributed by atoms with Gasteiger partial charge >= 0.3 is 0 Å². The molecular weight excluding hydrogens is 236 g/mol. The number of benzene rings is 1. The molecule has 0 fully saturated rings. The Kier molecular flexibility index (Phi) is 2.26. The molecule has 0 aliphatic rings. The molecule has 0 aliphatic carbocycles. The Morgan fingerprint density at radius 2 is 1.78 bits per heavy atom. The Bertz CT molecular complexity index is 717. The Hall–Kier alpha value is -2.43. The van der Waals surface area contributed by atoms with Gasteiger partial charge in [0.05, 0.1) is 0 Å². The van der Waals surface area contributed by atoms with Crippen LogP contribution < -0.4 is 5.73 Å². The van der Waals surface area contributed by atoms with E-state index in [0.717, 1.165) is 0 Å². The number of pyridine rings is 1. The summed E-state index contributed by atoms with van der Waals surface area (Å²) < 4.78 is 27.9. The summed E-state index contributed by atoms with van der Waals surface area (Å²) in [5, 5.41) is 0. The van der Waals surface area contributed by atoms with Crippen molar-refractivity contribution in [1.82, 2.24) is 9.38 Å². The average Bonchev–Trinajstić information content (AvgIpc) is 2.70. The molecule has 0 bridgehead atoms. The Morgan fingerprint density at radius 1 is 1.06 bits per heavy atom. The van der Waals surface area contributed by atoms with Gasteiger partial charge in [0.2, 0.25) is 0 Å². The number of nitrogens with zero attached hydrogens (tertiary/aromatic N) is 2. The number of halogens is 2. The molecule has 0 aliphatic heterocycles. The van der Waals surface area contributed by atoms with Crippen LogP contribution in [0.1, 0.15) is 0 Å². The number of nitrogen functional groups attached to an aromatic ring is 1. The summed E-state index contributed by atoms with van der Waals surface area (Å²) in [6.07, 6.45) is 1.63. The summed E-state index contributed by atoms with van der Waals surface area (Å²) in [6.45, 7) is 0. The highest BCUT2D eigenvalue weighted by Crippen LogP contribution is 2.27. The largest absolute Gasteiger partial charge is 0.383 e. The minimum absolute atomic E-state index is 0.161. The van der Waals surface area contributed by atoms with Crippen LogP contribution >= 0.6 is 0 Å². The molecule has 3 aromatic rings. The monoisotopic (exact) mass is 245 g/mol. The van der Waals surface area contributed by atoms with Crippen molar-refractivity contribution in [3.8, 4) is 11.3 Å². The van der Waals surface area contributed by atoms with Crippen LogP contribution in [0.25, 0.3) is 16.9 Å². The van der Waals surface area contributed by atoms with Gasteiger partial charge in [-0.25, -0.2) is 13.8 Å². The minimum atomic E-state index is -0.447. The van der Waals surface area contributed by atoms with Crippen LogP contribution in [0.4, 0.5) is 14.6 Å². The van der Waals surface area contributed by atoms with Crippen molar-refractivity contribution in [2.45, 2.75) is 0 Å². The van der Waals surface area contributed by atoms with Gasteiger partial charge in [0.1, 0.15) is 17.3 Å². The molecule has 90 valence electrons. The highest BCUT2D eigenvalue weighted by Gasteiger charge is 2.13. The van der Waals surface area contributed by atoms with Gasteiger partial charge in [0, 0.05) is 11.8 Å². The molecule has 3 nitrogen and oxygen atoms in total. The predicted octanol–water partition coefficient (Wildman–Crippen LogP) is 2.86. The second-order valence-electron chi connectivity index (χ2n) is 3.90. The number of imidazole rings is 1. The van der Waals surface area contributed by atoms with Gasteiger partial charge in [-0.15, -0.1) is 0 Å². The summed E-state index contributed by atoms with van der Waals surface area (Å²) in [5.74, 6) is -0.457. The standard InChI is InChI=1S/C13H9F2N3/c14-9-5-3-8(4-6-9)11-12(16)18-7-1-2-10(15)13(18)17-11/h1-7H,16H2. The second-order valence-corrected chi connectivity index (χ2v) is 3.90. The maximum absolute atomic E-state index is 13.6. The van der Waals surface area contributed by atoms with Crippen LogP contribution in [-0.4, -0.2) is 9.38 Å². The lowest BCUT2D eigenvalue weighted by Crippen LogP contribution is -1.94. The molecule has 0 saturated heterocycles. The van der Waals surface area contributed by atoms with E-state index in [0.29, 0.717) is 17.1 Å². The van der Waals surface area contributed by atoms with Crippen molar-refractivity contribution in [1.29, 1.82) is 0 Å². The summed E-state index contributed by atoms with van der Waals surface area (Å²) in [7, 11) is 0. The molecule has 0 radical (unpaired) electrons. The van der Waals surface area contributed by atoms with Crippen molar-refractivity contribution in [3.05, 3.63) is 54.2 Å². The number of fused-ring (bicyclic) bond motifs is 1. The lowest BCUT2D eigenvalue weighted by atomic mass is 10.1. The van der Waals surface area contributed by atoms with E-state index >= 15 is 0 Å². The fourth-order valence-corrected chi connectivity index (χ4v) is 1.87. The van der Waals surface area contributed by atoms with Crippen molar-refractivity contribution in [2.75, 3.05) is 5.73 Å². The fourth-order valence-electron chi connectivity index (χ4n) is 1.87. The van der Waals surface area contributed by atoms with E-state index < -0.39 is 5.82 Å². The number of anilines is 1. The molecule has 0 saturated carbocycles. The van der Waals surface area contributed by atoms with Crippen LogP contribution in [0.3, 0.4) is 0 Å². The quantitative estimate of drug-likeness (QED) is 0.716. The van der Waals surface area contributed by atoms with Gasteiger partial charge in [0.15, 0.2) is 11.5 Å². The van der Waals surface area contributed by atoms with Crippen LogP contribution in [0.5, 0.6) is 0 Å². The van der Waals surface area contributed by atoms with E-state index in [1.807, 2.05) is 0 Å². The zero-order valence-electron chi connectivity index (χ0n) is 9.27. The predicted molar refractivity (Wildman–Crippen MR) is 65.0 cm³/mol. The maximum Gasteiger partial charge on any atom is 0.175 e. The highest BCUT2D eigenvalue weighted by molar-refractivity contribution is 5.74. The molecule has 2 heterocycles. The van der Waals surface area contributed by atoms with Crippen LogP contribution in [0.15, 0.2) is 42.6 Å². The van der Waals surface area contributed by atoms with E-state index in [9.17, 15) is 8.78 Å². The SMILES string of the molecule is Nc1c(-c2ccc(F)cc2)nc2c(F)cccn12. The van der Waals surface area contributed by atoms with Crippen LogP contribution in [-0.2, 0) is 0 Å². The second kappa shape index (κ2) is 3.80. The van der Waals surface area contributed by atoms with Gasteiger partial charge < -0.3 is 5.73 Å².